The molecule has 6 unspecified atom stereocenters. The summed E-state index contributed by atoms with van der Waals surface area (Å²) in [6, 6.07) is 0. The monoisotopic (exact) mass is 669 g/mol. The standard InChI is InChI=1S/C16H27N5O16P4/c1-7(2)13(23)19-16-18-12-9(14(24)20-16)17-4-21(12)15-10(22)11(37-41(33,34)6-39(28,29)30)8(36-15)3-35-40(31,32)5-38(25,26)27/h4,7-8,10-11,15,22H,3,5-6H2,1-2H3,(H,31,32)(H,33,34)(H2,25,26,27)(H2,28,29,30)(H2,18,19,20,23,24). The number of hydrogen-bond acceptors (Lipinski definition) is 12. The van der Waals surface area contributed by atoms with Gasteiger partial charge in [-0.3, -0.25) is 47.2 Å². The molecule has 3 rings (SSSR count). The molecule has 9 N–H and O–H groups in total. The fourth-order valence-corrected chi connectivity index (χ4v) is 8.91. The van der Waals surface area contributed by atoms with E-state index in [1.54, 1.807) is 13.8 Å². The lowest BCUT2D eigenvalue weighted by atomic mass is 10.1. The zero-order valence-electron chi connectivity index (χ0n) is 21.0. The molecule has 1 fully saturated rings. The van der Waals surface area contributed by atoms with Crippen LogP contribution < -0.4 is 10.9 Å². The summed E-state index contributed by atoms with van der Waals surface area (Å²) in [6.45, 7) is 2.05. The van der Waals surface area contributed by atoms with Crippen molar-refractivity contribution in [2.45, 2.75) is 38.4 Å². The molecule has 0 spiro atoms. The minimum absolute atomic E-state index is 0.283. The molecule has 1 amide bonds. The van der Waals surface area contributed by atoms with Crippen LogP contribution in [0.2, 0.25) is 0 Å². The van der Waals surface area contributed by atoms with Crippen LogP contribution in [0.4, 0.5) is 5.95 Å². The van der Waals surface area contributed by atoms with Gasteiger partial charge in [0.1, 0.15) is 18.3 Å². The van der Waals surface area contributed by atoms with E-state index in [2.05, 4.69) is 24.8 Å². The number of aromatic amines is 1. The smallest absolute Gasteiger partial charge is 0.340 e. The molecule has 21 nitrogen and oxygen atoms in total. The Balaban J connectivity index is 1.99. The summed E-state index contributed by atoms with van der Waals surface area (Å²) in [5.74, 6) is -4.63. The van der Waals surface area contributed by atoms with Crippen molar-refractivity contribution < 1.29 is 71.3 Å². The minimum atomic E-state index is -5.19. The number of anilines is 1. The van der Waals surface area contributed by atoms with Crippen LogP contribution in [0.15, 0.2) is 11.1 Å². The largest absolute Gasteiger partial charge is 0.386 e. The maximum absolute atomic E-state index is 12.5. The van der Waals surface area contributed by atoms with E-state index in [0.29, 0.717) is 0 Å². The third kappa shape index (κ3) is 9.16. The first-order valence-electron chi connectivity index (χ1n) is 11.2. The van der Waals surface area contributed by atoms with E-state index in [4.69, 9.17) is 28.8 Å². The van der Waals surface area contributed by atoms with Crippen LogP contribution in [0, 0.1) is 5.92 Å². The van der Waals surface area contributed by atoms with Crippen LogP contribution in [-0.4, -0.2) is 96.6 Å². The number of aromatic nitrogens is 4. The predicted octanol–water partition coefficient (Wildman–Crippen LogP) is -0.985. The van der Waals surface area contributed by atoms with Gasteiger partial charge < -0.3 is 43.7 Å². The van der Waals surface area contributed by atoms with Crippen molar-refractivity contribution in [2.75, 3.05) is 23.7 Å². The summed E-state index contributed by atoms with van der Waals surface area (Å²) < 4.78 is 63.1. The number of aliphatic hydroxyl groups is 1. The predicted molar refractivity (Wildman–Crippen MR) is 136 cm³/mol. The molecule has 25 heteroatoms. The Bertz CT molecular complexity index is 1550. The molecule has 232 valence electrons. The normalized spacial score (nSPS) is 24.8. The Morgan fingerprint density at radius 3 is 2.24 bits per heavy atom. The van der Waals surface area contributed by atoms with E-state index in [0.717, 1.165) is 10.9 Å². The van der Waals surface area contributed by atoms with Crippen LogP contribution in [-0.2, 0) is 36.8 Å². The second kappa shape index (κ2) is 12.1. The summed E-state index contributed by atoms with van der Waals surface area (Å²) in [4.78, 5) is 90.8. The lowest BCUT2D eigenvalue weighted by molar-refractivity contribution is -0.118. The fourth-order valence-electron chi connectivity index (χ4n) is 3.57. The molecule has 1 aliphatic rings. The van der Waals surface area contributed by atoms with Crippen molar-refractivity contribution in [2.24, 2.45) is 5.92 Å². The molecule has 0 radical (unpaired) electrons. The van der Waals surface area contributed by atoms with Crippen molar-refractivity contribution >= 4 is 53.4 Å². The SMILES string of the molecule is CC(C)C(=O)Nc1nc2c(ncn2C2OC(COP(=O)(O)CP(=O)(O)O)C(OP(=O)(O)CP(=O)(O)O)C2O)c(=O)[nH]1. The second-order valence-electron chi connectivity index (χ2n) is 9.19. The first-order chi connectivity index (χ1) is 18.6. The average Bonchev–Trinajstić information content (AvgIpc) is 3.30. The second-order valence-corrected chi connectivity index (χ2v) is 17.1. The Morgan fingerprint density at radius 1 is 1.10 bits per heavy atom. The zero-order valence-corrected chi connectivity index (χ0v) is 24.6. The highest BCUT2D eigenvalue weighted by Crippen LogP contribution is 2.58. The molecule has 1 aliphatic heterocycles. The topological polar surface area (TPSA) is 330 Å². The summed E-state index contributed by atoms with van der Waals surface area (Å²) >= 11 is 0. The van der Waals surface area contributed by atoms with Gasteiger partial charge in [0.05, 0.1) is 12.9 Å². The molecule has 6 atom stereocenters. The number of H-pyrrole nitrogens is 1. The van der Waals surface area contributed by atoms with Gasteiger partial charge in [-0.15, -0.1) is 0 Å². The molecule has 2 aromatic heterocycles. The van der Waals surface area contributed by atoms with E-state index in [-0.39, 0.29) is 17.1 Å². The van der Waals surface area contributed by atoms with Crippen LogP contribution >= 0.6 is 30.4 Å². The molecule has 3 heterocycles. The molecule has 0 saturated carbocycles. The van der Waals surface area contributed by atoms with Crippen molar-refractivity contribution in [3.8, 4) is 0 Å². The third-order valence-corrected chi connectivity index (χ3v) is 12.2. The van der Waals surface area contributed by atoms with Crippen LogP contribution in [0.5, 0.6) is 0 Å². The Morgan fingerprint density at radius 2 is 1.68 bits per heavy atom. The highest BCUT2D eigenvalue weighted by atomic mass is 31.2. The highest BCUT2D eigenvalue weighted by molar-refractivity contribution is 7.70. The number of amides is 1. The number of fused-ring (bicyclic) bond motifs is 1. The van der Waals surface area contributed by atoms with Gasteiger partial charge in [0.15, 0.2) is 29.2 Å². The van der Waals surface area contributed by atoms with Crippen molar-refractivity contribution in [1.82, 2.24) is 19.5 Å². The molecule has 0 aromatic carbocycles. The van der Waals surface area contributed by atoms with Gasteiger partial charge >= 0.3 is 30.4 Å². The number of hydrogen-bond donors (Lipinski definition) is 9. The van der Waals surface area contributed by atoms with Gasteiger partial charge in [-0.05, 0) is 0 Å². The Hall–Kier alpha value is -1.66. The van der Waals surface area contributed by atoms with E-state index in [9.17, 15) is 42.7 Å². The summed E-state index contributed by atoms with van der Waals surface area (Å²) in [6.07, 6.45) is -6.54. The van der Waals surface area contributed by atoms with Crippen LogP contribution in [0.25, 0.3) is 11.2 Å². The van der Waals surface area contributed by atoms with E-state index < -0.39 is 90.7 Å². The summed E-state index contributed by atoms with van der Waals surface area (Å²) in [7, 11) is -20.4. The molecule has 41 heavy (non-hydrogen) atoms. The number of nitrogens with one attached hydrogen (secondary N) is 2. The van der Waals surface area contributed by atoms with Crippen molar-refractivity contribution in [3.05, 3.63) is 16.7 Å². The van der Waals surface area contributed by atoms with Crippen LogP contribution in [0.3, 0.4) is 0 Å². The summed E-state index contributed by atoms with van der Waals surface area (Å²) in [5, 5.41) is 13.3. The zero-order chi connectivity index (χ0) is 31.1. The quantitative estimate of drug-likeness (QED) is 0.123. The third-order valence-electron chi connectivity index (χ3n) is 5.23. The van der Waals surface area contributed by atoms with Gasteiger partial charge in [-0.25, -0.2) is 4.98 Å². The number of rotatable bonds is 12. The van der Waals surface area contributed by atoms with Gasteiger partial charge in [0, 0.05) is 5.92 Å². The number of nitrogens with zero attached hydrogens (tertiary/aromatic N) is 3. The first-order valence-corrected chi connectivity index (χ1v) is 18.4. The van der Waals surface area contributed by atoms with Crippen LogP contribution in [0.1, 0.15) is 20.1 Å². The molecule has 2 aromatic rings. The summed E-state index contributed by atoms with van der Waals surface area (Å²) in [5.41, 5.74) is -1.42. The van der Waals surface area contributed by atoms with E-state index in [1.807, 2.05) is 0 Å². The number of carbonyl (C=O) groups is 1. The van der Waals surface area contributed by atoms with Gasteiger partial charge in [0.25, 0.3) is 5.56 Å². The van der Waals surface area contributed by atoms with E-state index in [1.165, 1.54) is 0 Å². The lowest BCUT2D eigenvalue weighted by Gasteiger charge is -2.24. The Kier molecular flexibility index (Phi) is 10.0. The van der Waals surface area contributed by atoms with Gasteiger partial charge in [-0.2, -0.15) is 4.98 Å². The lowest BCUT2D eigenvalue weighted by Crippen LogP contribution is -2.36. The first kappa shape index (κ1) is 33.8. The molecule has 1 saturated heterocycles. The highest BCUT2D eigenvalue weighted by Gasteiger charge is 2.50. The molecule has 0 bridgehead atoms. The van der Waals surface area contributed by atoms with Crippen molar-refractivity contribution in [1.29, 1.82) is 0 Å². The minimum Gasteiger partial charge on any atom is -0.386 e. The Labute approximate surface area is 229 Å². The number of ether oxygens (including phenoxy) is 1. The molecular formula is C16H27N5O16P4. The average molecular weight is 669 g/mol. The molecule has 0 aliphatic carbocycles. The maximum atomic E-state index is 12.5. The maximum Gasteiger partial charge on any atom is 0.340 e. The number of aliphatic hydroxyl groups excluding tert-OH is 1. The van der Waals surface area contributed by atoms with Gasteiger partial charge in [-0.1, -0.05) is 13.8 Å². The van der Waals surface area contributed by atoms with E-state index >= 15 is 0 Å². The number of carbonyl (C=O) groups excluding carboxylic acids is 1. The van der Waals surface area contributed by atoms with Gasteiger partial charge in [0.2, 0.25) is 11.9 Å². The molecular weight excluding hydrogens is 642 g/mol. The number of imidazole rings is 1. The van der Waals surface area contributed by atoms with Crippen molar-refractivity contribution in [3.63, 3.8) is 0 Å². The fraction of sp³-hybridized carbons (Fsp3) is 0.625.